The molecule has 0 bridgehead atoms. The van der Waals surface area contributed by atoms with E-state index in [4.69, 9.17) is 0 Å². The Labute approximate surface area is 150 Å². The first-order valence-electron chi connectivity index (χ1n) is 9.27. The number of imidazole rings is 1. The highest BCUT2D eigenvalue weighted by molar-refractivity contribution is 6.03. The van der Waals surface area contributed by atoms with Gasteiger partial charge in [0.15, 0.2) is 0 Å². The maximum Gasteiger partial charge on any atom is 0.335 e. The van der Waals surface area contributed by atoms with Gasteiger partial charge in [0, 0.05) is 23.8 Å². The molecule has 130 valence electrons. The Morgan fingerprint density at radius 2 is 1.73 bits per heavy atom. The Balaban J connectivity index is 1.91. The van der Waals surface area contributed by atoms with Crippen LogP contribution >= 0.6 is 0 Å². The summed E-state index contributed by atoms with van der Waals surface area (Å²) in [5.41, 5.74) is 2.78. The van der Waals surface area contributed by atoms with Gasteiger partial charge in [-0.15, -0.1) is 0 Å². The van der Waals surface area contributed by atoms with Crippen molar-refractivity contribution in [1.29, 1.82) is 0 Å². The molecule has 1 aliphatic carbocycles. The second-order valence-corrected chi connectivity index (χ2v) is 6.97. The van der Waals surface area contributed by atoms with E-state index >= 15 is 0 Å². The zero-order valence-corrected chi connectivity index (χ0v) is 14.5. The molecule has 1 aliphatic rings. The largest absolute Gasteiger partial charge is 0.335 e. The molecule has 0 radical (unpaired) electrons. The summed E-state index contributed by atoms with van der Waals surface area (Å²) in [7, 11) is 0. The second-order valence-electron chi connectivity index (χ2n) is 6.97. The van der Waals surface area contributed by atoms with Crippen molar-refractivity contribution in [3.8, 4) is 5.82 Å². The fraction of sp³-hybridized carbons (Fsp3) is 0.286. The summed E-state index contributed by atoms with van der Waals surface area (Å²) in [5.74, 6) is 0.661. The lowest BCUT2D eigenvalue weighted by Gasteiger charge is -2.22. The number of hydrogen-bond donors (Lipinski definition) is 0. The van der Waals surface area contributed by atoms with E-state index in [1.165, 1.54) is 19.3 Å². The summed E-state index contributed by atoms with van der Waals surface area (Å²) in [4.78, 5) is 22.4. The summed E-state index contributed by atoms with van der Waals surface area (Å²) in [6.07, 6.45) is 9.27. The van der Waals surface area contributed by atoms with Crippen molar-refractivity contribution in [3.63, 3.8) is 0 Å². The number of hydrogen-bond acceptors (Lipinski definition) is 3. The van der Waals surface area contributed by atoms with Gasteiger partial charge in [0.1, 0.15) is 5.82 Å². The predicted molar refractivity (Wildman–Crippen MR) is 103 cm³/mol. The van der Waals surface area contributed by atoms with E-state index in [-0.39, 0.29) is 11.7 Å². The smallest absolute Gasteiger partial charge is 0.288 e. The van der Waals surface area contributed by atoms with E-state index in [0.29, 0.717) is 5.82 Å². The normalized spacial score (nSPS) is 15.7. The summed E-state index contributed by atoms with van der Waals surface area (Å²) in [6, 6.07) is 14.0. The second kappa shape index (κ2) is 6.09. The monoisotopic (exact) mass is 344 g/mol. The molecule has 1 fully saturated rings. The lowest BCUT2D eigenvalue weighted by atomic mass is 9.95. The van der Waals surface area contributed by atoms with E-state index in [0.717, 1.165) is 34.8 Å². The molecule has 26 heavy (non-hydrogen) atoms. The molecule has 0 N–H and O–H groups in total. The average molecular weight is 344 g/mol. The van der Waals surface area contributed by atoms with Crippen molar-refractivity contribution >= 4 is 21.9 Å². The molecule has 5 rings (SSSR count). The summed E-state index contributed by atoms with van der Waals surface area (Å²) < 4.78 is 3.75. The minimum absolute atomic E-state index is 0.00181. The van der Waals surface area contributed by atoms with Crippen LogP contribution in [-0.4, -0.2) is 19.1 Å². The molecule has 5 heteroatoms. The molecule has 4 aromatic rings. The van der Waals surface area contributed by atoms with Gasteiger partial charge in [-0.25, -0.2) is 14.3 Å². The Morgan fingerprint density at radius 1 is 0.885 bits per heavy atom. The summed E-state index contributed by atoms with van der Waals surface area (Å²) >= 11 is 0. The van der Waals surface area contributed by atoms with Crippen LogP contribution in [0.15, 0.2) is 59.7 Å². The third kappa shape index (κ3) is 2.27. The van der Waals surface area contributed by atoms with Gasteiger partial charge in [-0.2, -0.15) is 0 Å². The predicted octanol–water partition coefficient (Wildman–Crippen LogP) is 4.24. The van der Waals surface area contributed by atoms with E-state index in [2.05, 4.69) is 9.97 Å². The Morgan fingerprint density at radius 3 is 2.54 bits per heavy atom. The van der Waals surface area contributed by atoms with Gasteiger partial charge in [-0.3, -0.25) is 9.55 Å². The highest BCUT2D eigenvalue weighted by atomic mass is 16.1. The molecule has 0 unspecified atom stereocenters. The quantitative estimate of drug-likeness (QED) is 0.546. The molecule has 0 saturated heterocycles. The first-order valence-corrected chi connectivity index (χ1v) is 9.27. The zero-order chi connectivity index (χ0) is 17.5. The van der Waals surface area contributed by atoms with Crippen LogP contribution in [-0.2, 0) is 0 Å². The van der Waals surface area contributed by atoms with Gasteiger partial charge >= 0.3 is 5.69 Å². The lowest BCUT2D eigenvalue weighted by Crippen LogP contribution is -2.28. The molecule has 0 spiro atoms. The molecule has 3 aromatic heterocycles. The van der Waals surface area contributed by atoms with Crippen molar-refractivity contribution in [1.82, 2.24) is 19.1 Å². The molecular weight excluding hydrogens is 324 g/mol. The van der Waals surface area contributed by atoms with E-state index in [9.17, 15) is 4.79 Å². The minimum atomic E-state index is 0.00181. The third-order valence-electron chi connectivity index (χ3n) is 5.43. The Kier molecular flexibility index (Phi) is 3.59. The summed E-state index contributed by atoms with van der Waals surface area (Å²) in [5, 5.41) is 0.988. The van der Waals surface area contributed by atoms with Crippen LogP contribution < -0.4 is 5.69 Å². The van der Waals surface area contributed by atoms with Crippen molar-refractivity contribution in [3.05, 3.63) is 65.3 Å². The van der Waals surface area contributed by atoms with Gasteiger partial charge in [-0.1, -0.05) is 25.3 Å². The fourth-order valence-corrected chi connectivity index (χ4v) is 4.25. The molecule has 0 aliphatic heterocycles. The maximum absolute atomic E-state index is 13.5. The Hall–Kier alpha value is -2.95. The van der Waals surface area contributed by atoms with Crippen molar-refractivity contribution in [2.75, 3.05) is 0 Å². The van der Waals surface area contributed by atoms with Gasteiger partial charge in [0.05, 0.1) is 16.6 Å². The number of rotatable bonds is 2. The van der Waals surface area contributed by atoms with E-state index < -0.39 is 0 Å². The first kappa shape index (κ1) is 15.3. The molecule has 1 aromatic carbocycles. The highest BCUT2D eigenvalue weighted by Gasteiger charge is 2.24. The van der Waals surface area contributed by atoms with Gasteiger partial charge in [0.2, 0.25) is 0 Å². The van der Waals surface area contributed by atoms with Gasteiger partial charge in [0.25, 0.3) is 0 Å². The Bertz CT molecular complexity index is 1140. The number of pyridine rings is 2. The number of aromatic nitrogens is 4. The first-order chi connectivity index (χ1) is 12.8. The molecule has 1 saturated carbocycles. The van der Waals surface area contributed by atoms with Gasteiger partial charge in [-0.05, 0) is 49.2 Å². The average Bonchev–Trinajstić information content (AvgIpc) is 3.01. The number of nitrogens with zero attached hydrogens (tertiary/aromatic N) is 4. The lowest BCUT2D eigenvalue weighted by molar-refractivity contribution is 0.352. The maximum atomic E-state index is 13.5. The number of fused-ring (bicyclic) bond motifs is 3. The van der Waals surface area contributed by atoms with Crippen LogP contribution in [0, 0.1) is 0 Å². The van der Waals surface area contributed by atoms with Crippen molar-refractivity contribution in [2.24, 2.45) is 0 Å². The van der Waals surface area contributed by atoms with Crippen molar-refractivity contribution in [2.45, 2.75) is 38.1 Å². The third-order valence-corrected chi connectivity index (χ3v) is 5.43. The zero-order valence-electron chi connectivity index (χ0n) is 14.5. The number of benzene rings is 1. The van der Waals surface area contributed by atoms with E-state index in [1.807, 2.05) is 47.0 Å². The molecule has 0 amide bonds. The highest BCUT2D eigenvalue weighted by Crippen LogP contribution is 2.32. The van der Waals surface area contributed by atoms with Gasteiger partial charge < -0.3 is 0 Å². The topological polar surface area (TPSA) is 52.7 Å². The van der Waals surface area contributed by atoms with Crippen LogP contribution in [0.3, 0.4) is 0 Å². The summed E-state index contributed by atoms with van der Waals surface area (Å²) in [6.45, 7) is 0. The van der Waals surface area contributed by atoms with Crippen LogP contribution in [0.5, 0.6) is 0 Å². The van der Waals surface area contributed by atoms with Crippen LogP contribution in [0.4, 0.5) is 0 Å². The molecular formula is C21H20N4O. The fourth-order valence-electron chi connectivity index (χ4n) is 4.25. The van der Waals surface area contributed by atoms with Crippen LogP contribution in [0.25, 0.3) is 27.8 Å². The molecule has 5 nitrogen and oxygen atoms in total. The van der Waals surface area contributed by atoms with Crippen LogP contribution in [0.1, 0.15) is 38.1 Å². The molecule has 3 heterocycles. The SMILES string of the molecule is O=c1n(-c2ccccn2)c2c3cccnc3ccc2n1C1CCCCC1. The van der Waals surface area contributed by atoms with Crippen LogP contribution in [0.2, 0.25) is 0 Å². The van der Waals surface area contributed by atoms with Crippen molar-refractivity contribution < 1.29 is 0 Å². The standard InChI is InChI=1S/C21H20N4O/c26-21-24(15-7-2-1-3-8-15)18-12-11-17-16(9-6-14-22-17)20(18)25(21)19-10-4-5-13-23-19/h4-6,9-15H,1-3,7-8H2. The van der Waals surface area contributed by atoms with E-state index in [1.54, 1.807) is 17.0 Å². The minimum Gasteiger partial charge on any atom is -0.288 e. The molecule has 0 atom stereocenters.